The molecular weight excluding hydrogens is 288 g/mol. The summed E-state index contributed by atoms with van der Waals surface area (Å²) >= 11 is 0. The number of rotatable bonds is 3. The summed E-state index contributed by atoms with van der Waals surface area (Å²) in [5, 5.41) is 4.21. The number of carbonyl (C=O) groups excluding carboxylic acids is 1. The fourth-order valence-electron chi connectivity index (χ4n) is 3.05. The zero-order valence-electron chi connectivity index (χ0n) is 12.3. The minimum absolute atomic E-state index is 0.186. The Hall–Kier alpha value is -2.24. The summed E-state index contributed by atoms with van der Waals surface area (Å²) in [5.41, 5.74) is 0.432. The van der Waals surface area contributed by atoms with Crippen molar-refractivity contribution in [3.8, 4) is 0 Å². The molecule has 0 saturated carbocycles. The molecule has 0 N–H and O–H groups in total. The standard InChI is InChI=1S/C16H17F2N3O/c1-2-21-14(8-9-19-21)13-7-4-10-20(13)16(22)15-11(17)5-3-6-12(15)18/h3,5-6,8-9,13H,2,4,7,10H2,1H3/t13-/m1/s1. The van der Waals surface area contributed by atoms with E-state index < -0.39 is 23.1 Å². The van der Waals surface area contributed by atoms with Gasteiger partial charge >= 0.3 is 0 Å². The van der Waals surface area contributed by atoms with Crippen molar-refractivity contribution in [1.82, 2.24) is 14.7 Å². The molecule has 116 valence electrons. The first kappa shape index (κ1) is 14.7. The van der Waals surface area contributed by atoms with Gasteiger partial charge in [-0.3, -0.25) is 9.48 Å². The van der Waals surface area contributed by atoms with Crippen molar-refractivity contribution < 1.29 is 13.6 Å². The van der Waals surface area contributed by atoms with Crippen LogP contribution in [-0.2, 0) is 6.54 Å². The van der Waals surface area contributed by atoms with Gasteiger partial charge in [0.05, 0.1) is 11.7 Å². The SMILES string of the molecule is CCn1nccc1[C@H]1CCCN1C(=O)c1c(F)cccc1F. The number of aryl methyl sites for hydroxylation is 1. The number of carbonyl (C=O) groups is 1. The van der Waals surface area contributed by atoms with Crippen molar-refractivity contribution in [1.29, 1.82) is 0 Å². The van der Waals surface area contributed by atoms with Crippen molar-refractivity contribution in [3.63, 3.8) is 0 Å². The fraction of sp³-hybridized carbons (Fsp3) is 0.375. The molecule has 1 aromatic carbocycles. The molecule has 2 heterocycles. The van der Waals surface area contributed by atoms with E-state index in [0.717, 1.165) is 30.7 Å². The Labute approximate surface area is 127 Å². The van der Waals surface area contributed by atoms with E-state index >= 15 is 0 Å². The maximum absolute atomic E-state index is 13.9. The minimum atomic E-state index is -0.820. The van der Waals surface area contributed by atoms with Gasteiger partial charge in [-0.2, -0.15) is 5.10 Å². The van der Waals surface area contributed by atoms with Crippen LogP contribution in [0.3, 0.4) is 0 Å². The Morgan fingerprint density at radius 2 is 2.05 bits per heavy atom. The number of likely N-dealkylation sites (tertiary alicyclic amines) is 1. The van der Waals surface area contributed by atoms with E-state index in [9.17, 15) is 13.6 Å². The average molecular weight is 305 g/mol. The van der Waals surface area contributed by atoms with Crippen molar-refractivity contribution in [2.45, 2.75) is 32.4 Å². The van der Waals surface area contributed by atoms with Crippen molar-refractivity contribution in [3.05, 3.63) is 53.4 Å². The van der Waals surface area contributed by atoms with E-state index in [1.165, 1.54) is 6.07 Å². The second-order valence-corrected chi connectivity index (χ2v) is 5.33. The first-order chi connectivity index (χ1) is 10.6. The molecule has 1 atom stereocenters. The van der Waals surface area contributed by atoms with Gasteiger partial charge in [0.15, 0.2) is 0 Å². The Kier molecular flexibility index (Phi) is 3.92. The van der Waals surface area contributed by atoms with Crippen LogP contribution in [0.4, 0.5) is 8.78 Å². The Morgan fingerprint density at radius 3 is 2.73 bits per heavy atom. The zero-order valence-corrected chi connectivity index (χ0v) is 12.3. The lowest BCUT2D eigenvalue weighted by molar-refractivity contribution is 0.0720. The van der Waals surface area contributed by atoms with E-state index in [1.54, 1.807) is 11.1 Å². The fourth-order valence-corrected chi connectivity index (χ4v) is 3.05. The van der Waals surface area contributed by atoms with E-state index in [-0.39, 0.29) is 6.04 Å². The van der Waals surface area contributed by atoms with Crippen molar-refractivity contribution in [2.24, 2.45) is 0 Å². The average Bonchev–Trinajstić information content (AvgIpc) is 3.15. The molecule has 2 aromatic rings. The summed E-state index contributed by atoms with van der Waals surface area (Å²) in [6.07, 6.45) is 3.26. The number of benzene rings is 1. The van der Waals surface area contributed by atoms with Crippen molar-refractivity contribution >= 4 is 5.91 Å². The molecule has 22 heavy (non-hydrogen) atoms. The van der Waals surface area contributed by atoms with E-state index in [1.807, 2.05) is 17.7 Å². The van der Waals surface area contributed by atoms with E-state index in [2.05, 4.69) is 5.10 Å². The zero-order chi connectivity index (χ0) is 15.7. The van der Waals surface area contributed by atoms with Gasteiger partial charge in [0.1, 0.15) is 17.2 Å². The number of hydrogen-bond donors (Lipinski definition) is 0. The lowest BCUT2D eigenvalue weighted by atomic mass is 10.1. The van der Waals surface area contributed by atoms with E-state index in [0.29, 0.717) is 13.1 Å². The Balaban J connectivity index is 1.95. The summed E-state index contributed by atoms with van der Waals surface area (Å²) in [6, 6.07) is 5.15. The molecule has 1 amide bonds. The topological polar surface area (TPSA) is 38.1 Å². The van der Waals surface area contributed by atoms with Gasteiger partial charge in [0, 0.05) is 19.3 Å². The number of aromatic nitrogens is 2. The summed E-state index contributed by atoms with van der Waals surface area (Å²) in [7, 11) is 0. The maximum Gasteiger partial charge on any atom is 0.260 e. The Bertz CT molecular complexity index is 678. The molecule has 6 heteroatoms. The predicted molar refractivity (Wildman–Crippen MR) is 77.3 cm³/mol. The molecule has 3 rings (SSSR count). The largest absolute Gasteiger partial charge is 0.330 e. The third-order valence-electron chi connectivity index (χ3n) is 4.08. The third-order valence-corrected chi connectivity index (χ3v) is 4.08. The van der Waals surface area contributed by atoms with Crippen LogP contribution in [0.25, 0.3) is 0 Å². The summed E-state index contributed by atoms with van der Waals surface area (Å²) in [6.45, 7) is 3.15. The van der Waals surface area contributed by atoms with Gasteiger partial charge in [-0.15, -0.1) is 0 Å². The molecular formula is C16H17F2N3O. The van der Waals surface area contributed by atoms with Gasteiger partial charge < -0.3 is 4.90 Å². The van der Waals surface area contributed by atoms with Crippen LogP contribution < -0.4 is 0 Å². The van der Waals surface area contributed by atoms with Crippen LogP contribution in [0, 0.1) is 11.6 Å². The molecule has 0 spiro atoms. The third kappa shape index (κ3) is 2.38. The van der Waals surface area contributed by atoms with Gasteiger partial charge in [-0.05, 0) is 38.0 Å². The molecule has 0 aliphatic carbocycles. The van der Waals surface area contributed by atoms with Crippen LogP contribution >= 0.6 is 0 Å². The van der Waals surface area contributed by atoms with Crippen LogP contribution in [0.15, 0.2) is 30.5 Å². The lowest BCUT2D eigenvalue weighted by Crippen LogP contribution is -2.33. The summed E-state index contributed by atoms with van der Waals surface area (Å²) in [4.78, 5) is 14.2. The minimum Gasteiger partial charge on any atom is -0.330 e. The molecule has 1 aliphatic rings. The maximum atomic E-state index is 13.9. The predicted octanol–water partition coefficient (Wildman–Crippen LogP) is 3.16. The molecule has 1 aliphatic heterocycles. The quantitative estimate of drug-likeness (QED) is 0.873. The summed E-state index contributed by atoms with van der Waals surface area (Å²) in [5.74, 6) is -2.23. The molecule has 0 radical (unpaired) electrons. The monoisotopic (exact) mass is 305 g/mol. The van der Waals surface area contributed by atoms with Gasteiger partial charge in [-0.1, -0.05) is 6.07 Å². The highest BCUT2D eigenvalue weighted by Gasteiger charge is 2.34. The van der Waals surface area contributed by atoms with Crippen LogP contribution in [0.5, 0.6) is 0 Å². The number of hydrogen-bond acceptors (Lipinski definition) is 2. The Morgan fingerprint density at radius 1 is 1.32 bits per heavy atom. The van der Waals surface area contributed by atoms with Gasteiger partial charge in [0.25, 0.3) is 5.91 Å². The van der Waals surface area contributed by atoms with Crippen LogP contribution in [0.2, 0.25) is 0 Å². The lowest BCUT2D eigenvalue weighted by Gasteiger charge is -2.25. The van der Waals surface area contributed by atoms with Crippen LogP contribution in [-0.4, -0.2) is 27.1 Å². The summed E-state index contributed by atoms with van der Waals surface area (Å²) < 4.78 is 29.5. The highest BCUT2D eigenvalue weighted by molar-refractivity contribution is 5.95. The van der Waals surface area contributed by atoms with Gasteiger partial charge in [0.2, 0.25) is 0 Å². The van der Waals surface area contributed by atoms with Crippen LogP contribution in [0.1, 0.15) is 41.9 Å². The first-order valence-corrected chi connectivity index (χ1v) is 7.40. The molecule has 0 unspecified atom stereocenters. The molecule has 4 nitrogen and oxygen atoms in total. The number of halogens is 2. The van der Waals surface area contributed by atoms with E-state index in [4.69, 9.17) is 0 Å². The molecule has 1 aromatic heterocycles. The highest BCUT2D eigenvalue weighted by Crippen LogP contribution is 2.33. The molecule has 0 bridgehead atoms. The molecule has 1 saturated heterocycles. The first-order valence-electron chi connectivity index (χ1n) is 7.40. The smallest absolute Gasteiger partial charge is 0.260 e. The highest BCUT2D eigenvalue weighted by atomic mass is 19.1. The number of nitrogens with zero attached hydrogens (tertiary/aromatic N) is 3. The normalized spacial score (nSPS) is 18.0. The second-order valence-electron chi connectivity index (χ2n) is 5.33. The van der Waals surface area contributed by atoms with Crippen molar-refractivity contribution in [2.75, 3.05) is 6.54 Å². The second kappa shape index (κ2) is 5.87. The molecule has 1 fully saturated rings. The van der Waals surface area contributed by atoms with Gasteiger partial charge in [-0.25, -0.2) is 8.78 Å². The number of amides is 1.